The van der Waals surface area contributed by atoms with Gasteiger partial charge >= 0.3 is 11.9 Å². The first kappa shape index (κ1) is 18.2. The molecule has 0 aliphatic carbocycles. The van der Waals surface area contributed by atoms with Crippen LogP contribution in [0.3, 0.4) is 0 Å². The fourth-order valence-electron chi connectivity index (χ4n) is 1.91. The Morgan fingerprint density at radius 1 is 1.17 bits per heavy atom. The van der Waals surface area contributed by atoms with E-state index in [1.165, 1.54) is 11.8 Å². The molecule has 0 saturated heterocycles. The number of carbonyl (C=O) groups excluding carboxylic acids is 2. The molecule has 0 saturated carbocycles. The van der Waals surface area contributed by atoms with Gasteiger partial charge in [0, 0.05) is 23.7 Å². The van der Waals surface area contributed by atoms with Crippen LogP contribution in [0.1, 0.15) is 39.4 Å². The zero-order valence-corrected chi connectivity index (χ0v) is 14.9. The Morgan fingerprint density at radius 2 is 1.79 bits per heavy atom. The van der Waals surface area contributed by atoms with E-state index < -0.39 is 11.9 Å². The van der Waals surface area contributed by atoms with E-state index >= 15 is 0 Å². The highest BCUT2D eigenvalue weighted by Gasteiger charge is 2.27. The number of hydrogen-bond acceptors (Lipinski definition) is 9. The molecular formula is C15H17N3O4S2. The van der Waals surface area contributed by atoms with Crippen molar-refractivity contribution in [1.82, 2.24) is 9.97 Å². The highest BCUT2D eigenvalue weighted by Crippen LogP contribution is 2.36. The Balaban J connectivity index is 2.36. The van der Waals surface area contributed by atoms with Crippen LogP contribution in [0.15, 0.2) is 23.6 Å². The minimum Gasteiger partial charge on any atom is -0.462 e. The molecule has 128 valence electrons. The summed E-state index contributed by atoms with van der Waals surface area (Å²) in [6.07, 6.45) is 3.24. The monoisotopic (exact) mass is 367 g/mol. The second kappa shape index (κ2) is 8.65. The first-order chi connectivity index (χ1) is 11.6. The number of thioether (sulfide) groups is 1. The molecule has 0 amide bonds. The predicted octanol–water partition coefficient (Wildman–Crippen LogP) is 2.77. The lowest BCUT2D eigenvalue weighted by atomic mass is 10.1. The number of carbonyl (C=O) groups is 2. The van der Waals surface area contributed by atoms with Crippen molar-refractivity contribution < 1.29 is 19.1 Å². The summed E-state index contributed by atoms with van der Waals surface area (Å²) in [6, 6.07) is 1.71. The molecule has 0 fully saturated rings. The van der Waals surface area contributed by atoms with Crippen LogP contribution in [0.25, 0.3) is 0 Å². The van der Waals surface area contributed by atoms with E-state index in [0.717, 1.165) is 11.3 Å². The van der Waals surface area contributed by atoms with Crippen molar-refractivity contribution >= 4 is 40.0 Å². The molecule has 0 spiro atoms. The number of nitrogens with zero attached hydrogens (tertiary/aromatic N) is 2. The SMILES string of the molecule is CCOC(=O)c1sc(N)c(C(=O)OCC)c1CSc1ncccn1. The van der Waals surface area contributed by atoms with Gasteiger partial charge in [0.15, 0.2) is 5.16 Å². The molecule has 0 aromatic carbocycles. The van der Waals surface area contributed by atoms with Gasteiger partial charge in [0.2, 0.25) is 0 Å². The molecular weight excluding hydrogens is 350 g/mol. The van der Waals surface area contributed by atoms with E-state index in [0.29, 0.717) is 21.3 Å². The third-order valence-corrected chi connectivity index (χ3v) is 4.81. The summed E-state index contributed by atoms with van der Waals surface area (Å²) < 4.78 is 10.1. The lowest BCUT2D eigenvalue weighted by Crippen LogP contribution is -2.11. The van der Waals surface area contributed by atoms with Crippen molar-refractivity contribution in [2.45, 2.75) is 24.8 Å². The summed E-state index contributed by atoms with van der Waals surface area (Å²) in [4.78, 5) is 32.9. The summed E-state index contributed by atoms with van der Waals surface area (Å²) in [5.41, 5.74) is 6.65. The summed E-state index contributed by atoms with van der Waals surface area (Å²) in [5, 5.41) is 0.771. The van der Waals surface area contributed by atoms with Crippen LogP contribution in [0.5, 0.6) is 0 Å². The van der Waals surface area contributed by atoms with Gasteiger partial charge in [0.05, 0.1) is 18.8 Å². The molecule has 0 atom stereocenters. The average Bonchev–Trinajstić information content (AvgIpc) is 2.91. The van der Waals surface area contributed by atoms with Gasteiger partial charge in [-0.2, -0.15) is 0 Å². The van der Waals surface area contributed by atoms with E-state index in [4.69, 9.17) is 15.2 Å². The van der Waals surface area contributed by atoms with E-state index in [1.807, 2.05) is 0 Å². The molecule has 2 rings (SSSR count). The Labute approximate surface area is 147 Å². The Hall–Kier alpha value is -2.13. The molecule has 24 heavy (non-hydrogen) atoms. The molecule has 0 radical (unpaired) electrons. The summed E-state index contributed by atoms with van der Waals surface area (Å²) in [6.45, 7) is 3.88. The number of anilines is 1. The first-order valence-corrected chi connectivity index (χ1v) is 9.03. The molecule has 2 aromatic rings. The van der Waals surface area contributed by atoms with Gasteiger partial charge in [0.25, 0.3) is 0 Å². The van der Waals surface area contributed by atoms with Gasteiger partial charge in [-0.25, -0.2) is 19.6 Å². The van der Waals surface area contributed by atoms with Crippen molar-refractivity contribution in [3.63, 3.8) is 0 Å². The third-order valence-electron chi connectivity index (χ3n) is 2.86. The molecule has 0 aliphatic heterocycles. The quantitative estimate of drug-likeness (QED) is 0.452. The number of hydrogen-bond donors (Lipinski definition) is 1. The zero-order chi connectivity index (χ0) is 17.5. The fraction of sp³-hybridized carbons (Fsp3) is 0.333. The molecule has 0 unspecified atom stereocenters. The molecule has 2 aromatic heterocycles. The van der Waals surface area contributed by atoms with Crippen LogP contribution < -0.4 is 5.73 Å². The molecule has 9 heteroatoms. The number of aromatic nitrogens is 2. The maximum absolute atomic E-state index is 12.2. The molecule has 0 bridgehead atoms. The van der Waals surface area contributed by atoms with Crippen LogP contribution >= 0.6 is 23.1 Å². The van der Waals surface area contributed by atoms with Crippen LogP contribution in [0, 0.1) is 0 Å². The highest BCUT2D eigenvalue weighted by atomic mass is 32.2. The lowest BCUT2D eigenvalue weighted by Gasteiger charge is -2.07. The Kier molecular flexibility index (Phi) is 6.56. The third kappa shape index (κ3) is 4.24. The van der Waals surface area contributed by atoms with Crippen molar-refractivity contribution in [3.05, 3.63) is 34.5 Å². The van der Waals surface area contributed by atoms with Crippen LogP contribution in [0.4, 0.5) is 5.00 Å². The van der Waals surface area contributed by atoms with Gasteiger partial charge in [-0.15, -0.1) is 11.3 Å². The minimum atomic E-state index is -0.550. The lowest BCUT2D eigenvalue weighted by molar-refractivity contribution is 0.0527. The normalized spacial score (nSPS) is 10.4. The fourth-order valence-corrected chi connectivity index (χ4v) is 3.80. The number of esters is 2. The maximum atomic E-state index is 12.2. The Bertz CT molecular complexity index is 719. The van der Waals surface area contributed by atoms with Gasteiger partial charge in [-0.1, -0.05) is 11.8 Å². The number of rotatable bonds is 7. The molecule has 2 N–H and O–H groups in total. The summed E-state index contributed by atoms with van der Waals surface area (Å²) >= 11 is 2.33. The van der Waals surface area contributed by atoms with Crippen molar-refractivity contribution in [2.24, 2.45) is 0 Å². The van der Waals surface area contributed by atoms with E-state index in [9.17, 15) is 9.59 Å². The number of ether oxygens (including phenoxy) is 2. The van der Waals surface area contributed by atoms with Gasteiger partial charge in [-0.05, 0) is 19.9 Å². The largest absolute Gasteiger partial charge is 0.462 e. The molecule has 7 nitrogen and oxygen atoms in total. The van der Waals surface area contributed by atoms with Crippen LogP contribution in [-0.4, -0.2) is 35.1 Å². The summed E-state index contributed by atoms with van der Waals surface area (Å²) in [7, 11) is 0. The topological polar surface area (TPSA) is 104 Å². The van der Waals surface area contributed by atoms with Crippen LogP contribution in [-0.2, 0) is 15.2 Å². The standard InChI is InChI=1S/C15H17N3O4S2/c1-3-21-13(19)10-9(8-23-15-17-6-5-7-18-15)11(24-12(10)16)14(20)22-4-2/h5-7H,3-4,8,16H2,1-2H3. The molecule has 0 aliphatic rings. The van der Waals surface area contributed by atoms with Crippen molar-refractivity contribution in [1.29, 1.82) is 0 Å². The average molecular weight is 367 g/mol. The Morgan fingerprint density at radius 3 is 2.42 bits per heavy atom. The van der Waals surface area contributed by atoms with Crippen LogP contribution in [0.2, 0.25) is 0 Å². The highest BCUT2D eigenvalue weighted by molar-refractivity contribution is 7.98. The van der Waals surface area contributed by atoms with Gasteiger partial charge in [0.1, 0.15) is 9.88 Å². The predicted molar refractivity (Wildman–Crippen MR) is 92.2 cm³/mol. The van der Waals surface area contributed by atoms with E-state index in [1.54, 1.807) is 32.3 Å². The van der Waals surface area contributed by atoms with Crippen molar-refractivity contribution in [2.75, 3.05) is 18.9 Å². The van der Waals surface area contributed by atoms with Gasteiger partial charge in [-0.3, -0.25) is 0 Å². The van der Waals surface area contributed by atoms with Crippen molar-refractivity contribution in [3.8, 4) is 0 Å². The van der Waals surface area contributed by atoms with Gasteiger partial charge < -0.3 is 15.2 Å². The number of thiophene rings is 1. The zero-order valence-electron chi connectivity index (χ0n) is 13.3. The smallest absolute Gasteiger partial charge is 0.348 e. The van der Waals surface area contributed by atoms with E-state index in [2.05, 4.69) is 9.97 Å². The minimum absolute atomic E-state index is 0.216. The summed E-state index contributed by atoms with van der Waals surface area (Å²) in [5.74, 6) is -0.749. The maximum Gasteiger partial charge on any atom is 0.348 e. The van der Waals surface area contributed by atoms with E-state index in [-0.39, 0.29) is 23.8 Å². The number of nitrogens with two attached hydrogens (primary N) is 1. The second-order valence-corrected chi connectivity index (χ2v) is 6.40. The first-order valence-electron chi connectivity index (χ1n) is 7.23. The second-order valence-electron chi connectivity index (χ2n) is 4.41. The number of nitrogen functional groups attached to an aromatic ring is 1. The molecule has 2 heterocycles.